The van der Waals surface area contributed by atoms with Gasteiger partial charge < -0.3 is 10.2 Å². The first-order valence-corrected chi connectivity index (χ1v) is 6.87. The quantitative estimate of drug-likeness (QED) is 0.818. The van der Waals surface area contributed by atoms with Crippen LogP contribution in [0.4, 0.5) is 0 Å². The minimum atomic E-state index is -0.167. The van der Waals surface area contributed by atoms with Crippen molar-refractivity contribution in [2.24, 2.45) is 0 Å². The number of rotatable bonds is 2. The van der Waals surface area contributed by atoms with Crippen molar-refractivity contribution in [2.45, 2.75) is 39.2 Å². The summed E-state index contributed by atoms with van der Waals surface area (Å²) in [5, 5.41) is 17.3. The third-order valence-corrected chi connectivity index (χ3v) is 3.08. The van der Waals surface area contributed by atoms with E-state index in [0.717, 1.165) is 0 Å². The van der Waals surface area contributed by atoms with E-state index in [1.165, 1.54) is 11.1 Å². The topological polar surface area (TPSA) is 40.5 Å². The predicted molar refractivity (Wildman–Crippen MR) is 84.0 cm³/mol. The maximum atomic E-state index is 9.29. The van der Waals surface area contributed by atoms with Gasteiger partial charge in [-0.3, -0.25) is 0 Å². The zero-order valence-corrected chi connectivity index (χ0v) is 14.7. The van der Waals surface area contributed by atoms with Crippen LogP contribution in [0.25, 0.3) is 0 Å². The minimum Gasteiger partial charge on any atom is -0.508 e. The van der Waals surface area contributed by atoms with Crippen LogP contribution in [0, 0.1) is 0 Å². The first-order chi connectivity index (χ1) is 9.34. The van der Waals surface area contributed by atoms with E-state index in [-0.39, 0.29) is 33.2 Å². The van der Waals surface area contributed by atoms with Gasteiger partial charge in [0.1, 0.15) is 5.75 Å². The van der Waals surface area contributed by atoms with Gasteiger partial charge in [0.05, 0.1) is 0 Å². The van der Waals surface area contributed by atoms with Gasteiger partial charge in [-0.1, -0.05) is 56.3 Å². The predicted octanol–water partition coefficient (Wildman–Crippen LogP) is 4.10. The van der Waals surface area contributed by atoms with Gasteiger partial charge in [-0.05, 0) is 37.1 Å². The Morgan fingerprint density at radius 2 is 1.19 bits per heavy atom. The molecular weight excluding hydrogens is 296 g/mol. The Hall–Kier alpha value is -1.09. The summed E-state index contributed by atoms with van der Waals surface area (Å²) in [6, 6.07) is 17.8. The summed E-state index contributed by atoms with van der Waals surface area (Å²) in [5.41, 5.74) is 2.45. The fourth-order valence-electron chi connectivity index (χ4n) is 1.90. The van der Waals surface area contributed by atoms with Crippen LogP contribution in [-0.4, -0.2) is 16.3 Å². The van der Waals surface area contributed by atoms with Crippen molar-refractivity contribution < 1.29 is 31.9 Å². The van der Waals surface area contributed by atoms with Gasteiger partial charge in [0.2, 0.25) is 0 Å². The van der Waals surface area contributed by atoms with Crippen LogP contribution < -0.4 is 0 Å². The van der Waals surface area contributed by atoms with Crippen LogP contribution in [0.3, 0.4) is 0 Å². The summed E-state index contributed by atoms with van der Waals surface area (Å²) in [5.74, 6) is 0.313. The van der Waals surface area contributed by atoms with Gasteiger partial charge in [-0.25, -0.2) is 0 Å². The van der Waals surface area contributed by atoms with Crippen molar-refractivity contribution >= 4 is 0 Å². The third kappa shape index (κ3) is 6.47. The molecule has 0 aliphatic rings. The molecule has 2 aromatic carbocycles. The average Bonchev–Trinajstić information content (AvgIpc) is 2.39. The van der Waals surface area contributed by atoms with E-state index in [9.17, 15) is 5.11 Å². The van der Waals surface area contributed by atoms with Gasteiger partial charge >= 0.3 is 0 Å². The first-order valence-electron chi connectivity index (χ1n) is 6.87. The van der Waals surface area contributed by atoms with E-state index in [1.807, 2.05) is 18.2 Å². The van der Waals surface area contributed by atoms with Crippen molar-refractivity contribution in [3.05, 3.63) is 65.7 Å². The summed E-state index contributed by atoms with van der Waals surface area (Å²) in [6.45, 7) is 7.82. The molecule has 3 heteroatoms. The van der Waals surface area contributed by atoms with E-state index >= 15 is 0 Å². The fraction of sp³-hybridized carbons (Fsp3) is 0.333. The van der Waals surface area contributed by atoms with Gasteiger partial charge in [0.15, 0.2) is 0 Å². The van der Waals surface area contributed by atoms with Gasteiger partial charge in [0.25, 0.3) is 0 Å². The number of aromatic hydroxyl groups is 1. The largest absolute Gasteiger partial charge is 0.508 e. The summed E-state index contributed by atoms with van der Waals surface area (Å²) in [4.78, 5) is 0. The molecular formula is C18H24O2Ti. The molecule has 0 saturated heterocycles. The first kappa shape index (κ1) is 19.9. The Morgan fingerprint density at radius 3 is 1.62 bits per heavy atom. The molecule has 2 N–H and O–H groups in total. The number of benzene rings is 2. The average molecular weight is 320 g/mol. The molecule has 0 spiro atoms. The van der Waals surface area contributed by atoms with Crippen molar-refractivity contribution in [2.75, 3.05) is 0 Å². The Kier molecular flexibility index (Phi) is 8.57. The molecule has 0 bridgehead atoms. The van der Waals surface area contributed by atoms with Crippen LogP contribution in [0.5, 0.6) is 5.75 Å². The van der Waals surface area contributed by atoms with Gasteiger partial charge in [-0.15, -0.1) is 0 Å². The Labute approximate surface area is 142 Å². The molecule has 0 radical (unpaired) electrons. The second-order valence-electron chi connectivity index (χ2n) is 5.63. The SMILES string of the molecule is CC(C)(c1ccccc1)c1ccc(O)cc1.CC(C)O.[Ti]. The van der Waals surface area contributed by atoms with E-state index < -0.39 is 0 Å². The third-order valence-electron chi connectivity index (χ3n) is 3.08. The monoisotopic (exact) mass is 320 g/mol. The standard InChI is InChI=1S/C15H16O.C3H8O.Ti/c1-15(2,12-6-4-3-5-7-12)13-8-10-14(16)11-9-13;1-3(2)4;/h3-11,16H,1-2H3;3-4H,1-2H3;. The molecule has 0 fully saturated rings. The molecule has 21 heavy (non-hydrogen) atoms. The molecule has 112 valence electrons. The van der Waals surface area contributed by atoms with E-state index in [2.05, 4.69) is 38.1 Å². The van der Waals surface area contributed by atoms with Crippen LogP contribution in [0.1, 0.15) is 38.8 Å². The molecule has 2 nitrogen and oxygen atoms in total. The smallest absolute Gasteiger partial charge is 0.115 e. The van der Waals surface area contributed by atoms with Crippen molar-refractivity contribution in [3.8, 4) is 5.75 Å². The number of aliphatic hydroxyl groups is 1. The maximum absolute atomic E-state index is 9.29. The Bertz CT molecular complexity index is 502. The number of hydrogen-bond acceptors (Lipinski definition) is 2. The molecule has 0 aromatic heterocycles. The number of hydrogen-bond donors (Lipinski definition) is 2. The maximum Gasteiger partial charge on any atom is 0.115 e. The van der Waals surface area contributed by atoms with Crippen molar-refractivity contribution in [1.82, 2.24) is 0 Å². The Morgan fingerprint density at radius 1 is 0.810 bits per heavy atom. The molecule has 0 aliphatic heterocycles. The fourth-order valence-corrected chi connectivity index (χ4v) is 1.90. The molecule has 0 aliphatic carbocycles. The van der Waals surface area contributed by atoms with Crippen molar-refractivity contribution in [1.29, 1.82) is 0 Å². The molecule has 2 aromatic rings. The second kappa shape index (κ2) is 9.04. The number of aliphatic hydroxyl groups excluding tert-OH is 1. The zero-order valence-electron chi connectivity index (χ0n) is 13.2. The van der Waals surface area contributed by atoms with Crippen molar-refractivity contribution in [3.63, 3.8) is 0 Å². The summed E-state index contributed by atoms with van der Waals surface area (Å²) in [7, 11) is 0. The molecule has 0 atom stereocenters. The van der Waals surface area contributed by atoms with Gasteiger partial charge in [-0.2, -0.15) is 0 Å². The van der Waals surface area contributed by atoms with E-state index in [1.54, 1.807) is 26.0 Å². The minimum absolute atomic E-state index is 0. The molecule has 0 heterocycles. The summed E-state index contributed by atoms with van der Waals surface area (Å²) < 4.78 is 0. The number of phenolic OH excluding ortho intramolecular Hbond substituents is 1. The molecule has 0 unspecified atom stereocenters. The van der Waals surface area contributed by atoms with Gasteiger partial charge in [0, 0.05) is 33.2 Å². The van der Waals surface area contributed by atoms with Crippen LogP contribution in [-0.2, 0) is 27.1 Å². The van der Waals surface area contributed by atoms with Crippen LogP contribution >= 0.6 is 0 Å². The summed E-state index contributed by atoms with van der Waals surface area (Å²) in [6.07, 6.45) is -0.167. The second-order valence-corrected chi connectivity index (χ2v) is 5.63. The molecule has 0 saturated carbocycles. The molecule has 0 amide bonds. The Balaban J connectivity index is 0.000000715. The molecule has 2 rings (SSSR count). The normalized spacial score (nSPS) is 10.4. The van der Waals surface area contributed by atoms with E-state index in [4.69, 9.17) is 5.11 Å². The van der Waals surface area contributed by atoms with E-state index in [0.29, 0.717) is 5.75 Å². The van der Waals surface area contributed by atoms with Crippen LogP contribution in [0.2, 0.25) is 0 Å². The van der Waals surface area contributed by atoms with Crippen LogP contribution in [0.15, 0.2) is 54.6 Å². The zero-order chi connectivity index (χ0) is 15.2. The number of phenols is 1. The summed E-state index contributed by atoms with van der Waals surface area (Å²) >= 11 is 0.